The second-order valence-corrected chi connectivity index (χ2v) is 17.9. The lowest BCUT2D eigenvalue weighted by Crippen LogP contribution is -1.96. The van der Waals surface area contributed by atoms with Crippen molar-refractivity contribution < 1.29 is 0 Å². The van der Waals surface area contributed by atoms with E-state index in [0.717, 1.165) is 33.9 Å². The number of rotatable bonds is 6. The van der Waals surface area contributed by atoms with Crippen LogP contribution in [0, 0.1) is 0 Å². The Balaban J connectivity index is 0.898. The molecule has 13 rings (SSSR count). The molecule has 2 heterocycles. The van der Waals surface area contributed by atoms with Crippen LogP contribution in [0.3, 0.4) is 0 Å². The van der Waals surface area contributed by atoms with E-state index < -0.39 is 0 Å². The summed E-state index contributed by atoms with van der Waals surface area (Å²) >= 11 is 1.83. The van der Waals surface area contributed by atoms with Gasteiger partial charge < -0.3 is 0 Å². The second kappa shape index (κ2) is 15.2. The van der Waals surface area contributed by atoms with E-state index in [1.807, 2.05) is 29.5 Å². The first-order valence-corrected chi connectivity index (χ1v) is 23.0. The first-order chi connectivity index (χ1) is 32.2. The van der Waals surface area contributed by atoms with E-state index in [2.05, 4.69) is 212 Å². The fourth-order valence-electron chi connectivity index (χ4n) is 9.98. The van der Waals surface area contributed by atoms with Crippen molar-refractivity contribution in [3.8, 4) is 67.3 Å². The van der Waals surface area contributed by atoms with Crippen molar-refractivity contribution in [1.82, 2.24) is 9.97 Å². The summed E-state index contributed by atoms with van der Waals surface area (Å²) in [6.07, 6.45) is 0. The van der Waals surface area contributed by atoms with Gasteiger partial charge in [-0.25, -0.2) is 9.97 Å². The molecule has 0 aliphatic rings. The minimum atomic E-state index is 0.719. The molecule has 0 saturated heterocycles. The molecule has 0 fully saturated rings. The van der Waals surface area contributed by atoms with Crippen molar-refractivity contribution in [1.29, 1.82) is 0 Å². The van der Waals surface area contributed by atoms with Gasteiger partial charge in [0, 0.05) is 36.9 Å². The number of fused-ring (bicyclic) bond motifs is 8. The van der Waals surface area contributed by atoms with Gasteiger partial charge in [0.1, 0.15) is 0 Å². The van der Waals surface area contributed by atoms with E-state index in [4.69, 9.17) is 9.97 Å². The van der Waals surface area contributed by atoms with Crippen molar-refractivity contribution in [3.63, 3.8) is 0 Å². The molecule has 3 heteroatoms. The zero-order valence-electron chi connectivity index (χ0n) is 35.2. The summed E-state index contributed by atoms with van der Waals surface area (Å²) in [6, 6.07) is 83.5. The summed E-state index contributed by atoms with van der Waals surface area (Å²) in [5, 5.41) is 12.5. The van der Waals surface area contributed by atoms with Crippen molar-refractivity contribution in [2.45, 2.75) is 0 Å². The highest BCUT2D eigenvalue weighted by Gasteiger charge is 2.20. The summed E-state index contributed by atoms with van der Waals surface area (Å²) in [4.78, 5) is 10.4. The third kappa shape index (κ3) is 6.31. The molecule has 302 valence electrons. The molecule has 0 aliphatic carbocycles. The van der Waals surface area contributed by atoms with Gasteiger partial charge >= 0.3 is 0 Å². The van der Waals surface area contributed by atoms with Crippen LogP contribution in [0.5, 0.6) is 0 Å². The summed E-state index contributed by atoms with van der Waals surface area (Å²) in [6.45, 7) is 0. The van der Waals surface area contributed by atoms with Crippen LogP contribution >= 0.6 is 11.3 Å². The van der Waals surface area contributed by atoms with Crippen molar-refractivity contribution in [2.75, 3.05) is 0 Å². The summed E-state index contributed by atoms with van der Waals surface area (Å²) < 4.78 is 2.52. The fraction of sp³-hybridized carbons (Fsp3) is 0. The molecular formula is C62H38N2S. The highest BCUT2D eigenvalue weighted by molar-refractivity contribution is 7.26. The topological polar surface area (TPSA) is 25.8 Å². The summed E-state index contributed by atoms with van der Waals surface area (Å²) in [5.41, 5.74) is 12.4. The molecule has 0 amide bonds. The van der Waals surface area contributed by atoms with E-state index in [9.17, 15) is 0 Å². The van der Waals surface area contributed by atoms with Gasteiger partial charge in [-0.05, 0) is 101 Å². The van der Waals surface area contributed by atoms with E-state index in [1.165, 1.54) is 96.6 Å². The molecule has 0 spiro atoms. The van der Waals surface area contributed by atoms with Crippen LogP contribution in [0.25, 0.3) is 131 Å². The maximum absolute atomic E-state index is 5.21. The minimum Gasteiger partial charge on any atom is -0.228 e. The van der Waals surface area contributed by atoms with Gasteiger partial charge in [0.25, 0.3) is 0 Å². The largest absolute Gasteiger partial charge is 0.228 e. The van der Waals surface area contributed by atoms with E-state index in [1.54, 1.807) is 0 Å². The number of thiophene rings is 1. The van der Waals surface area contributed by atoms with Gasteiger partial charge in [-0.15, -0.1) is 11.3 Å². The predicted octanol–water partition coefficient (Wildman–Crippen LogP) is 17.5. The molecule has 2 aromatic heterocycles. The summed E-state index contributed by atoms with van der Waals surface area (Å²) in [5.74, 6) is 0.719. The third-order valence-electron chi connectivity index (χ3n) is 13.1. The Kier molecular flexibility index (Phi) is 8.75. The Labute approximate surface area is 380 Å². The lowest BCUT2D eigenvalue weighted by Gasteiger charge is -2.19. The van der Waals surface area contributed by atoms with Gasteiger partial charge in [-0.2, -0.15) is 0 Å². The number of hydrogen-bond donors (Lipinski definition) is 0. The molecule has 13 aromatic rings. The van der Waals surface area contributed by atoms with Crippen LogP contribution in [-0.4, -0.2) is 9.97 Å². The number of nitrogens with zero attached hydrogens (tertiary/aromatic N) is 2. The minimum absolute atomic E-state index is 0.719. The lowest BCUT2D eigenvalue weighted by molar-refractivity contribution is 1.19. The van der Waals surface area contributed by atoms with E-state index in [-0.39, 0.29) is 0 Å². The van der Waals surface area contributed by atoms with Gasteiger partial charge in [-0.3, -0.25) is 0 Å². The Morgan fingerprint density at radius 3 is 1.63 bits per heavy atom. The van der Waals surface area contributed by atoms with Crippen LogP contribution in [0.2, 0.25) is 0 Å². The molecule has 0 N–H and O–H groups in total. The zero-order valence-corrected chi connectivity index (χ0v) is 36.1. The maximum atomic E-state index is 5.21. The highest BCUT2D eigenvalue weighted by Crippen LogP contribution is 2.47. The van der Waals surface area contributed by atoms with Gasteiger partial charge in [-0.1, -0.05) is 206 Å². The Hall–Kier alpha value is -8.24. The summed E-state index contributed by atoms with van der Waals surface area (Å²) in [7, 11) is 0. The van der Waals surface area contributed by atoms with Crippen LogP contribution in [-0.2, 0) is 0 Å². The van der Waals surface area contributed by atoms with Gasteiger partial charge in [0.2, 0.25) is 0 Å². The lowest BCUT2D eigenvalue weighted by atomic mass is 9.84. The van der Waals surface area contributed by atoms with Gasteiger partial charge in [0.15, 0.2) is 5.82 Å². The third-order valence-corrected chi connectivity index (χ3v) is 14.3. The predicted molar refractivity (Wildman–Crippen MR) is 278 cm³/mol. The first kappa shape index (κ1) is 37.3. The molecule has 0 unspecified atom stereocenters. The monoisotopic (exact) mass is 842 g/mol. The van der Waals surface area contributed by atoms with E-state index >= 15 is 0 Å². The molecule has 0 bridgehead atoms. The second-order valence-electron chi connectivity index (χ2n) is 16.8. The van der Waals surface area contributed by atoms with Crippen LogP contribution < -0.4 is 0 Å². The Bertz CT molecular complexity index is 3980. The number of benzene rings is 11. The van der Waals surface area contributed by atoms with Crippen molar-refractivity contribution >= 4 is 74.6 Å². The molecule has 0 aliphatic heterocycles. The first-order valence-electron chi connectivity index (χ1n) is 22.1. The number of hydrogen-bond acceptors (Lipinski definition) is 3. The number of aromatic nitrogens is 2. The molecule has 0 atom stereocenters. The average Bonchev–Trinajstić information content (AvgIpc) is 3.77. The Morgan fingerprint density at radius 1 is 0.292 bits per heavy atom. The molecule has 2 nitrogen and oxygen atoms in total. The smallest absolute Gasteiger partial charge is 0.160 e. The van der Waals surface area contributed by atoms with Crippen molar-refractivity contribution in [2.24, 2.45) is 0 Å². The molecule has 0 saturated carbocycles. The molecule has 11 aromatic carbocycles. The van der Waals surface area contributed by atoms with Crippen LogP contribution in [0.1, 0.15) is 0 Å². The van der Waals surface area contributed by atoms with Crippen LogP contribution in [0.4, 0.5) is 0 Å². The molecule has 65 heavy (non-hydrogen) atoms. The van der Waals surface area contributed by atoms with Crippen molar-refractivity contribution in [3.05, 3.63) is 231 Å². The quantitative estimate of drug-likeness (QED) is 0.123. The standard InChI is InChI=1S/C62H38N2S/c1-3-15-41(16-4-1)58-50-21-9-10-22-51(50)59(60-48-19-8-7-14-40(48)34-35-54(58)60)42-28-26-39(27-29-42)44-30-31-46-37-47(33-32-45(46)36-44)55-38-56(64-62(63-55)43-17-5-2-6-18-43)53-24-13-23-52-49-20-11-12-25-57(49)65-61(52)53/h1-38H. The maximum Gasteiger partial charge on any atom is 0.160 e. The van der Waals surface area contributed by atoms with Crippen LogP contribution in [0.15, 0.2) is 231 Å². The fourth-order valence-corrected chi connectivity index (χ4v) is 11.2. The average molecular weight is 843 g/mol. The van der Waals surface area contributed by atoms with Gasteiger partial charge in [0.05, 0.1) is 11.4 Å². The molecule has 0 radical (unpaired) electrons. The van der Waals surface area contributed by atoms with E-state index in [0.29, 0.717) is 0 Å². The zero-order chi connectivity index (χ0) is 42.8. The highest BCUT2D eigenvalue weighted by atomic mass is 32.1. The normalized spacial score (nSPS) is 11.7. The Morgan fingerprint density at radius 2 is 0.846 bits per heavy atom. The SMILES string of the molecule is c1ccc(-c2nc(-c3ccc4cc(-c5ccc(-c6c7ccccc7c(-c7ccccc7)c7ccc8ccccc8c67)cc5)ccc4c3)cc(-c3cccc4c3sc3ccccc34)n2)cc1. The molecular weight excluding hydrogens is 805 g/mol.